The summed E-state index contributed by atoms with van der Waals surface area (Å²) in [5.41, 5.74) is 0.134. The van der Waals surface area contributed by atoms with Crippen LogP contribution < -0.4 is 10.1 Å². The number of anilines is 1. The van der Waals surface area contributed by atoms with Crippen LogP contribution in [0.15, 0.2) is 24.3 Å². The van der Waals surface area contributed by atoms with E-state index in [1.165, 1.54) is 0 Å². The highest BCUT2D eigenvalue weighted by molar-refractivity contribution is 5.84. The van der Waals surface area contributed by atoms with Gasteiger partial charge in [-0.2, -0.15) is 0 Å². The van der Waals surface area contributed by atoms with Gasteiger partial charge >= 0.3 is 6.09 Å². The minimum atomic E-state index is -0.525. The molecule has 0 atom stereocenters. The number of hydrogen-bond donors (Lipinski definition) is 1. The van der Waals surface area contributed by atoms with E-state index in [2.05, 4.69) is 10.2 Å². The molecule has 1 aliphatic rings. The van der Waals surface area contributed by atoms with Crippen LogP contribution in [-0.4, -0.2) is 66.7 Å². The zero-order valence-corrected chi connectivity index (χ0v) is 16.1. The van der Waals surface area contributed by atoms with Crippen molar-refractivity contribution in [3.8, 4) is 5.75 Å². The van der Waals surface area contributed by atoms with Crippen LogP contribution in [-0.2, 0) is 9.53 Å². The third kappa shape index (κ3) is 6.92. The summed E-state index contributed by atoms with van der Waals surface area (Å²) in [6.45, 7) is 11.8. The lowest BCUT2D eigenvalue weighted by Crippen LogP contribution is -2.48. The monoisotopic (exact) mass is 363 g/mol. The molecular weight excluding hydrogens is 334 g/mol. The van der Waals surface area contributed by atoms with E-state index in [1.54, 1.807) is 19.1 Å². The molecule has 0 aliphatic carbocycles. The molecule has 2 rings (SSSR count). The molecule has 1 heterocycles. The van der Waals surface area contributed by atoms with E-state index < -0.39 is 11.7 Å². The minimum Gasteiger partial charge on any atom is -0.492 e. The number of benzene rings is 1. The number of carbonyl (C=O) groups is 2. The maximum absolute atomic E-state index is 11.7. The number of nitrogens with one attached hydrogen (secondary N) is 1. The molecule has 144 valence electrons. The van der Waals surface area contributed by atoms with Crippen molar-refractivity contribution < 1.29 is 19.1 Å². The quantitative estimate of drug-likeness (QED) is 0.871. The first-order chi connectivity index (χ1) is 12.2. The Kier molecular flexibility index (Phi) is 6.85. The van der Waals surface area contributed by atoms with Gasteiger partial charge in [0.25, 0.3) is 0 Å². The normalized spacial score (nSPS) is 15.5. The Morgan fingerprint density at radius 2 is 1.69 bits per heavy atom. The summed E-state index contributed by atoms with van der Waals surface area (Å²) in [4.78, 5) is 27.2. The Morgan fingerprint density at radius 1 is 1.08 bits per heavy atom. The van der Waals surface area contributed by atoms with Crippen molar-refractivity contribution in [1.82, 2.24) is 9.80 Å². The average Bonchev–Trinajstić information content (AvgIpc) is 2.55. The second kappa shape index (κ2) is 8.89. The minimum absolute atomic E-state index is 0.140. The molecule has 7 nitrogen and oxygen atoms in total. The summed E-state index contributed by atoms with van der Waals surface area (Å²) in [5, 5.41) is 2.69. The molecule has 0 unspecified atom stereocenters. The Hall–Kier alpha value is -2.28. The van der Waals surface area contributed by atoms with Gasteiger partial charge in [-0.25, -0.2) is 4.79 Å². The zero-order chi connectivity index (χ0) is 19.2. The van der Waals surface area contributed by atoms with Gasteiger partial charge in [0, 0.05) is 45.3 Å². The number of ether oxygens (including phenoxy) is 2. The molecule has 0 aromatic heterocycles. The highest BCUT2D eigenvalue weighted by Crippen LogP contribution is 2.17. The number of piperazine rings is 1. The van der Waals surface area contributed by atoms with Crippen LogP contribution in [0.2, 0.25) is 0 Å². The summed E-state index contributed by atoms with van der Waals surface area (Å²) >= 11 is 0. The van der Waals surface area contributed by atoms with Crippen LogP contribution in [0.1, 0.15) is 27.7 Å². The van der Waals surface area contributed by atoms with Crippen molar-refractivity contribution in [1.29, 1.82) is 0 Å². The molecule has 1 N–H and O–H groups in total. The number of carbonyl (C=O) groups excluding carboxylic acids is 2. The van der Waals surface area contributed by atoms with Gasteiger partial charge in [-0.3, -0.25) is 15.0 Å². The van der Waals surface area contributed by atoms with Gasteiger partial charge < -0.3 is 14.4 Å². The molecule has 7 heteroatoms. The van der Waals surface area contributed by atoms with Crippen LogP contribution in [0.3, 0.4) is 0 Å². The molecule has 0 radical (unpaired) electrons. The predicted molar refractivity (Wildman–Crippen MR) is 100 cm³/mol. The van der Waals surface area contributed by atoms with Crippen LogP contribution in [0.4, 0.5) is 10.5 Å². The van der Waals surface area contributed by atoms with E-state index in [0.717, 1.165) is 38.5 Å². The summed E-state index contributed by atoms with van der Waals surface area (Å²) in [6, 6.07) is 7.20. The fourth-order valence-corrected chi connectivity index (χ4v) is 2.63. The van der Waals surface area contributed by atoms with Crippen molar-refractivity contribution >= 4 is 17.7 Å². The van der Waals surface area contributed by atoms with E-state index in [9.17, 15) is 9.59 Å². The SMILES string of the molecule is CC(=O)N1CCN(CCOc2ccc(NC(=O)OC(C)(C)C)cc2)CC1. The lowest BCUT2D eigenvalue weighted by Gasteiger charge is -2.34. The first kappa shape index (κ1) is 20.0. The fourth-order valence-electron chi connectivity index (χ4n) is 2.63. The molecule has 2 amide bonds. The highest BCUT2D eigenvalue weighted by Gasteiger charge is 2.18. The molecule has 0 spiro atoms. The molecule has 1 aromatic carbocycles. The van der Waals surface area contributed by atoms with Crippen LogP contribution >= 0.6 is 0 Å². The third-order valence-corrected chi connectivity index (χ3v) is 3.99. The van der Waals surface area contributed by atoms with Gasteiger partial charge in [0.1, 0.15) is 18.0 Å². The predicted octanol–water partition coefficient (Wildman–Crippen LogP) is 2.58. The van der Waals surface area contributed by atoms with Crippen molar-refractivity contribution in [2.75, 3.05) is 44.6 Å². The summed E-state index contributed by atoms with van der Waals surface area (Å²) in [6.07, 6.45) is -0.476. The van der Waals surface area contributed by atoms with Crippen molar-refractivity contribution in [2.24, 2.45) is 0 Å². The van der Waals surface area contributed by atoms with Crippen LogP contribution in [0.25, 0.3) is 0 Å². The first-order valence-corrected chi connectivity index (χ1v) is 8.94. The molecule has 1 aliphatic heterocycles. The zero-order valence-electron chi connectivity index (χ0n) is 16.1. The fraction of sp³-hybridized carbons (Fsp3) is 0.579. The second-order valence-corrected chi connectivity index (χ2v) is 7.35. The van der Waals surface area contributed by atoms with E-state index in [1.807, 2.05) is 37.8 Å². The summed E-state index contributed by atoms with van der Waals surface area (Å²) in [5.74, 6) is 0.892. The van der Waals surface area contributed by atoms with Gasteiger partial charge in [0.15, 0.2) is 0 Å². The average molecular weight is 363 g/mol. The van der Waals surface area contributed by atoms with Gasteiger partial charge in [-0.15, -0.1) is 0 Å². The van der Waals surface area contributed by atoms with Crippen molar-refractivity contribution in [3.63, 3.8) is 0 Å². The Morgan fingerprint density at radius 3 is 2.23 bits per heavy atom. The lowest BCUT2D eigenvalue weighted by molar-refractivity contribution is -0.130. The maximum atomic E-state index is 11.7. The third-order valence-electron chi connectivity index (χ3n) is 3.99. The lowest BCUT2D eigenvalue weighted by atomic mass is 10.2. The largest absolute Gasteiger partial charge is 0.492 e. The highest BCUT2D eigenvalue weighted by atomic mass is 16.6. The first-order valence-electron chi connectivity index (χ1n) is 8.94. The van der Waals surface area contributed by atoms with E-state index >= 15 is 0 Å². The van der Waals surface area contributed by atoms with Crippen LogP contribution in [0.5, 0.6) is 5.75 Å². The van der Waals surface area contributed by atoms with Gasteiger partial charge in [-0.05, 0) is 45.0 Å². The van der Waals surface area contributed by atoms with Crippen LogP contribution in [0, 0.1) is 0 Å². The maximum Gasteiger partial charge on any atom is 0.412 e. The molecule has 26 heavy (non-hydrogen) atoms. The molecule has 1 fully saturated rings. The number of rotatable bonds is 5. The molecule has 0 bridgehead atoms. The number of nitrogens with zero attached hydrogens (tertiary/aromatic N) is 2. The van der Waals surface area contributed by atoms with Gasteiger partial charge in [0.05, 0.1) is 0 Å². The molecular formula is C19H29N3O4. The van der Waals surface area contributed by atoms with Gasteiger partial charge in [0.2, 0.25) is 5.91 Å². The number of amides is 2. The summed E-state index contributed by atoms with van der Waals surface area (Å²) < 4.78 is 11.0. The van der Waals surface area contributed by atoms with Crippen molar-refractivity contribution in [3.05, 3.63) is 24.3 Å². The van der Waals surface area contributed by atoms with E-state index in [0.29, 0.717) is 12.3 Å². The van der Waals surface area contributed by atoms with E-state index in [4.69, 9.17) is 9.47 Å². The topological polar surface area (TPSA) is 71.1 Å². The molecule has 1 aromatic rings. The molecule has 0 saturated carbocycles. The summed E-state index contributed by atoms with van der Waals surface area (Å²) in [7, 11) is 0. The Balaban J connectivity index is 1.69. The smallest absolute Gasteiger partial charge is 0.412 e. The Bertz CT molecular complexity index is 602. The second-order valence-electron chi connectivity index (χ2n) is 7.35. The van der Waals surface area contributed by atoms with E-state index in [-0.39, 0.29) is 5.91 Å². The Labute approximate surface area is 155 Å². The standard InChI is InChI=1S/C19H29N3O4/c1-15(23)22-11-9-21(10-12-22)13-14-25-17-7-5-16(6-8-17)20-18(24)26-19(2,3)4/h5-8H,9-14H2,1-4H3,(H,20,24). The molecule has 1 saturated heterocycles. The number of hydrogen-bond acceptors (Lipinski definition) is 5. The van der Waals surface area contributed by atoms with Crippen molar-refractivity contribution in [2.45, 2.75) is 33.3 Å². The van der Waals surface area contributed by atoms with Gasteiger partial charge in [-0.1, -0.05) is 0 Å².